The van der Waals surface area contributed by atoms with Crippen LogP contribution in [0.1, 0.15) is 10.4 Å². The molecule has 1 N–H and O–H groups in total. The Kier molecular flexibility index (Phi) is 6.57. The van der Waals surface area contributed by atoms with Crippen LogP contribution in [-0.4, -0.2) is 37.6 Å². The van der Waals surface area contributed by atoms with Gasteiger partial charge in [0, 0.05) is 11.1 Å². The van der Waals surface area contributed by atoms with Gasteiger partial charge in [-0.3, -0.25) is 4.55 Å². The van der Waals surface area contributed by atoms with Gasteiger partial charge in [0.15, 0.2) is 6.61 Å². The molecular weight excluding hydrogens is 471 g/mol. The highest BCUT2D eigenvalue weighted by atomic mass is 32.2. The Morgan fingerprint density at radius 3 is 1.61 bits per heavy atom. The first-order valence-corrected chi connectivity index (χ1v) is 10.6. The summed E-state index contributed by atoms with van der Waals surface area (Å²) in [5.41, 5.74) is -0.365. The van der Waals surface area contributed by atoms with Crippen molar-refractivity contribution in [2.75, 3.05) is 6.61 Å². The summed E-state index contributed by atoms with van der Waals surface area (Å²) < 4.78 is 102. The lowest BCUT2D eigenvalue weighted by Crippen LogP contribution is -2.41. The van der Waals surface area contributed by atoms with Crippen LogP contribution in [0.15, 0.2) is 77.7 Å². The van der Waals surface area contributed by atoms with Gasteiger partial charge in [-0.2, -0.15) is 30.4 Å². The first-order valence-electron chi connectivity index (χ1n) is 9.19. The molecule has 174 valence electrons. The molecule has 33 heavy (non-hydrogen) atoms. The molecule has 0 radical (unpaired) electrons. The van der Waals surface area contributed by atoms with E-state index < -0.39 is 45.3 Å². The molecule has 0 spiro atoms. The third-order valence-corrected chi connectivity index (χ3v) is 5.51. The predicted molar refractivity (Wildman–Crippen MR) is 108 cm³/mol. The summed E-state index contributed by atoms with van der Waals surface area (Å²) in [5.74, 6) is -6.81. The van der Waals surface area contributed by atoms with Gasteiger partial charge >= 0.3 is 18.1 Å². The van der Waals surface area contributed by atoms with E-state index in [0.717, 1.165) is 12.1 Å². The fourth-order valence-electron chi connectivity index (χ4n) is 3.01. The van der Waals surface area contributed by atoms with Crippen molar-refractivity contribution >= 4 is 16.1 Å². The van der Waals surface area contributed by atoms with Crippen LogP contribution in [0.3, 0.4) is 0 Å². The minimum Gasteiger partial charge on any atom is -0.455 e. The lowest BCUT2D eigenvalue weighted by Gasteiger charge is -2.20. The van der Waals surface area contributed by atoms with Crippen molar-refractivity contribution in [1.82, 2.24) is 0 Å². The van der Waals surface area contributed by atoms with Gasteiger partial charge in [0.25, 0.3) is 10.1 Å². The van der Waals surface area contributed by atoms with Gasteiger partial charge in [-0.25, -0.2) is 4.79 Å². The van der Waals surface area contributed by atoms with Crippen LogP contribution in [0.25, 0.3) is 22.3 Å². The zero-order valence-corrected chi connectivity index (χ0v) is 17.3. The zero-order chi connectivity index (χ0) is 24.4. The smallest absolute Gasteiger partial charge is 0.455 e. The van der Waals surface area contributed by atoms with Crippen molar-refractivity contribution in [3.63, 3.8) is 0 Å². The Morgan fingerprint density at radius 1 is 0.818 bits per heavy atom. The van der Waals surface area contributed by atoms with E-state index in [1.807, 2.05) is 0 Å². The Balaban J connectivity index is 2.20. The molecule has 3 rings (SSSR count). The van der Waals surface area contributed by atoms with E-state index in [1.165, 1.54) is 24.3 Å². The molecule has 0 atom stereocenters. The Labute approximate surface area is 185 Å². The van der Waals surface area contributed by atoms with E-state index >= 15 is 0 Å². The van der Waals surface area contributed by atoms with Crippen LogP contribution in [0.5, 0.6) is 0 Å². The molecule has 0 saturated carbocycles. The number of ether oxygens (including phenoxy) is 1. The van der Waals surface area contributed by atoms with Crippen molar-refractivity contribution in [2.45, 2.75) is 17.0 Å². The fraction of sp³-hybridized carbons (Fsp3) is 0.136. The van der Waals surface area contributed by atoms with Gasteiger partial charge in [-0.1, -0.05) is 60.7 Å². The third-order valence-electron chi connectivity index (χ3n) is 4.55. The molecule has 0 aliphatic rings. The molecule has 0 bridgehead atoms. The van der Waals surface area contributed by atoms with E-state index in [9.17, 15) is 39.7 Å². The molecule has 0 saturated heterocycles. The van der Waals surface area contributed by atoms with Crippen LogP contribution in [-0.2, 0) is 14.9 Å². The van der Waals surface area contributed by atoms with Crippen LogP contribution >= 0.6 is 0 Å². The lowest BCUT2D eigenvalue weighted by atomic mass is 9.96. The standard InChI is InChI=1S/C22H15F5O5S/c23-21(24,22(25,26)27)13-32-20(28)16-11-17(14-7-3-1-4-8-14)19(33(29,30)31)18(12-16)15-9-5-2-6-10-15/h1-12H,13H2,(H,29,30,31). The number of carbonyl (C=O) groups excluding carboxylic acids is 1. The van der Waals surface area contributed by atoms with Crippen LogP contribution < -0.4 is 0 Å². The first kappa shape index (κ1) is 24.3. The Hall–Kier alpha value is -3.31. The number of hydrogen-bond acceptors (Lipinski definition) is 4. The maximum absolute atomic E-state index is 13.2. The molecule has 0 aliphatic heterocycles. The highest BCUT2D eigenvalue weighted by Gasteiger charge is 2.58. The molecule has 5 nitrogen and oxygen atoms in total. The molecule has 0 aliphatic carbocycles. The summed E-state index contributed by atoms with van der Waals surface area (Å²) in [7, 11) is -4.88. The number of alkyl halides is 5. The normalized spacial score (nSPS) is 12.4. The molecule has 0 unspecified atom stereocenters. The van der Waals surface area contributed by atoms with E-state index in [2.05, 4.69) is 4.74 Å². The summed E-state index contributed by atoms with van der Waals surface area (Å²) in [5, 5.41) is 0. The summed E-state index contributed by atoms with van der Waals surface area (Å²) in [6, 6.07) is 17.1. The average Bonchev–Trinajstić information content (AvgIpc) is 2.76. The maximum Gasteiger partial charge on any atom is 0.456 e. The van der Waals surface area contributed by atoms with E-state index in [1.54, 1.807) is 36.4 Å². The van der Waals surface area contributed by atoms with Gasteiger partial charge in [-0.05, 0) is 23.3 Å². The van der Waals surface area contributed by atoms with E-state index in [4.69, 9.17) is 0 Å². The quantitative estimate of drug-likeness (QED) is 0.278. The van der Waals surface area contributed by atoms with E-state index in [0.29, 0.717) is 0 Å². The van der Waals surface area contributed by atoms with Crippen molar-refractivity contribution in [2.24, 2.45) is 0 Å². The molecule has 0 amide bonds. The summed E-state index contributed by atoms with van der Waals surface area (Å²) in [4.78, 5) is 11.8. The second-order valence-electron chi connectivity index (χ2n) is 6.89. The fourth-order valence-corrected chi connectivity index (χ4v) is 3.92. The summed E-state index contributed by atoms with van der Waals surface area (Å²) in [6.45, 7) is -2.25. The average molecular weight is 486 g/mol. The zero-order valence-electron chi connectivity index (χ0n) is 16.5. The lowest BCUT2D eigenvalue weighted by molar-refractivity contribution is -0.292. The van der Waals surface area contributed by atoms with Crippen molar-refractivity contribution in [1.29, 1.82) is 0 Å². The summed E-state index contributed by atoms with van der Waals surface area (Å²) in [6.07, 6.45) is -5.92. The highest BCUT2D eigenvalue weighted by molar-refractivity contribution is 7.86. The van der Waals surface area contributed by atoms with Crippen LogP contribution in [0.4, 0.5) is 22.0 Å². The predicted octanol–water partition coefficient (Wildman–Crippen LogP) is 5.62. The number of hydrogen-bond donors (Lipinski definition) is 1. The number of halogens is 5. The van der Waals surface area contributed by atoms with Gasteiger partial charge in [0.1, 0.15) is 4.90 Å². The highest BCUT2D eigenvalue weighted by Crippen LogP contribution is 2.38. The minimum atomic E-state index is -5.92. The summed E-state index contributed by atoms with van der Waals surface area (Å²) >= 11 is 0. The maximum atomic E-state index is 13.2. The van der Waals surface area contributed by atoms with E-state index in [-0.39, 0.29) is 22.3 Å². The second kappa shape index (κ2) is 8.91. The van der Waals surface area contributed by atoms with Crippen molar-refractivity contribution in [3.05, 3.63) is 78.4 Å². The molecule has 0 heterocycles. The number of carbonyl (C=O) groups is 1. The molecule has 3 aromatic carbocycles. The molecule has 11 heteroatoms. The van der Waals surface area contributed by atoms with Crippen LogP contribution in [0, 0.1) is 0 Å². The van der Waals surface area contributed by atoms with Crippen LogP contribution in [0.2, 0.25) is 0 Å². The van der Waals surface area contributed by atoms with Gasteiger partial charge in [-0.15, -0.1) is 0 Å². The molecule has 0 aromatic heterocycles. The third kappa shape index (κ3) is 5.37. The topological polar surface area (TPSA) is 80.7 Å². The van der Waals surface area contributed by atoms with Crippen molar-refractivity contribution in [3.8, 4) is 22.3 Å². The SMILES string of the molecule is O=C(OCC(F)(F)C(F)(F)F)c1cc(-c2ccccc2)c(S(=O)(=O)O)c(-c2ccccc2)c1. The Bertz CT molecular complexity index is 1200. The first-order chi connectivity index (χ1) is 15.3. The van der Waals surface area contributed by atoms with Gasteiger partial charge in [0.2, 0.25) is 0 Å². The minimum absolute atomic E-state index is 0.172. The van der Waals surface area contributed by atoms with Gasteiger partial charge in [0.05, 0.1) is 5.56 Å². The number of benzene rings is 3. The number of rotatable bonds is 6. The van der Waals surface area contributed by atoms with Gasteiger partial charge < -0.3 is 4.74 Å². The monoisotopic (exact) mass is 486 g/mol. The molecule has 3 aromatic rings. The number of esters is 1. The molecule has 0 fully saturated rings. The van der Waals surface area contributed by atoms with Crippen molar-refractivity contribution < 1.29 is 44.5 Å². The Morgan fingerprint density at radius 2 is 1.24 bits per heavy atom. The molecular formula is C22H15F5O5S. The second-order valence-corrected chi connectivity index (χ2v) is 8.24. The largest absolute Gasteiger partial charge is 0.456 e.